The van der Waals surface area contributed by atoms with Crippen LogP contribution in [0.4, 0.5) is 0 Å². The van der Waals surface area contributed by atoms with E-state index < -0.39 is 0 Å². The molecule has 1 aromatic heterocycles. The second-order valence-corrected chi connectivity index (χ2v) is 8.30. The molecule has 0 saturated carbocycles. The second kappa shape index (κ2) is 11.7. The number of thiazole rings is 1. The Kier molecular flexibility index (Phi) is 9.67. The van der Waals surface area contributed by atoms with Gasteiger partial charge in [0, 0.05) is 31.4 Å². The summed E-state index contributed by atoms with van der Waals surface area (Å²) in [5, 5.41) is 10.0. The number of nitrogens with one attached hydrogen (secondary N) is 2. The van der Waals surface area contributed by atoms with E-state index in [0.29, 0.717) is 12.5 Å². The highest BCUT2D eigenvalue weighted by atomic mass is 127. The van der Waals surface area contributed by atoms with Crippen molar-refractivity contribution in [1.82, 2.24) is 20.5 Å². The number of nitrogens with zero attached hydrogens (tertiary/aromatic N) is 3. The van der Waals surface area contributed by atoms with Crippen LogP contribution in [0, 0.1) is 0 Å². The maximum atomic E-state index is 4.66. The van der Waals surface area contributed by atoms with Crippen LogP contribution in [0.3, 0.4) is 0 Å². The minimum atomic E-state index is 0. The molecule has 0 spiro atoms. The summed E-state index contributed by atoms with van der Waals surface area (Å²) in [7, 11) is 1.80. The number of benzene rings is 1. The molecule has 1 aliphatic heterocycles. The first-order valence-electron chi connectivity index (χ1n) is 9.83. The van der Waals surface area contributed by atoms with Gasteiger partial charge in [-0.2, -0.15) is 0 Å². The number of rotatable bonds is 7. The number of likely N-dealkylation sites (tertiary alicyclic amines) is 1. The standard InChI is InChI=1S/C21H31N5S.HI/c1-16(2)20-25-19(15-27-20)13-24-21(22-3)23-12-17-6-8-18(9-7-17)14-26-10-4-5-11-26;/h6-9,15-16H,4-5,10-14H2,1-3H3,(H2,22,23,24);1H. The molecule has 1 fully saturated rings. The van der Waals surface area contributed by atoms with E-state index in [4.69, 9.17) is 0 Å². The van der Waals surface area contributed by atoms with E-state index in [2.05, 4.69) is 69.0 Å². The average Bonchev–Trinajstić information content (AvgIpc) is 3.35. The lowest BCUT2D eigenvalue weighted by Gasteiger charge is -2.15. The van der Waals surface area contributed by atoms with Gasteiger partial charge >= 0.3 is 0 Å². The van der Waals surface area contributed by atoms with E-state index >= 15 is 0 Å². The summed E-state index contributed by atoms with van der Waals surface area (Å²) in [6.45, 7) is 9.35. The summed E-state index contributed by atoms with van der Waals surface area (Å²) in [5.41, 5.74) is 3.73. The summed E-state index contributed by atoms with van der Waals surface area (Å²) >= 11 is 1.72. The molecule has 0 amide bonds. The molecule has 2 aromatic rings. The van der Waals surface area contributed by atoms with Crippen LogP contribution >= 0.6 is 35.3 Å². The Bertz CT molecular complexity index is 736. The molecule has 0 atom stereocenters. The van der Waals surface area contributed by atoms with Crippen LogP contribution in [0.1, 0.15) is 54.4 Å². The third-order valence-corrected chi connectivity index (χ3v) is 6.01. The Hall–Kier alpha value is -1.19. The summed E-state index contributed by atoms with van der Waals surface area (Å²) in [6, 6.07) is 8.91. The molecule has 1 aliphatic rings. The largest absolute Gasteiger partial charge is 0.352 e. The first-order chi connectivity index (χ1) is 13.1. The molecule has 0 radical (unpaired) electrons. The maximum Gasteiger partial charge on any atom is 0.191 e. The van der Waals surface area contributed by atoms with Gasteiger partial charge in [0.2, 0.25) is 0 Å². The van der Waals surface area contributed by atoms with Crippen LogP contribution in [0.15, 0.2) is 34.6 Å². The Morgan fingerprint density at radius 2 is 1.75 bits per heavy atom. The minimum absolute atomic E-state index is 0. The number of aliphatic imine (C=N–C) groups is 1. The van der Waals surface area contributed by atoms with Gasteiger partial charge in [-0.25, -0.2) is 4.98 Å². The number of halogens is 1. The van der Waals surface area contributed by atoms with E-state index in [9.17, 15) is 0 Å². The van der Waals surface area contributed by atoms with Crippen LogP contribution in [0.2, 0.25) is 0 Å². The molecular formula is C21H32IN5S. The van der Waals surface area contributed by atoms with Crippen molar-refractivity contribution in [2.45, 2.75) is 52.2 Å². The van der Waals surface area contributed by atoms with Crippen molar-refractivity contribution in [2.24, 2.45) is 4.99 Å². The van der Waals surface area contributed by atoms with Gasteiger partial charge < -0.3 is 10.6 Å². The number of guanidine groups is 1. The quantitative estimate of drug-likeness (QED) is 0.329. The van der Waals surface area contributed by atoms with E-state index in [0.717, 1.165) is 24.7 Å². The molecule has 5 nitrogen and oxygen atoms in total. The van der Waals surface area contributed by atoms with Crippen LogP contribution in [0.25, 0.3) is 0 Å². The fourth-order valence-electron chi connectivity index (χ4n) is 3.21. The predicted octanol–water partition coefficient (Wildman–Crippen LogP) is 4.35. The van der Waals surface area contributed by atoms with Crippen LogP contribution < -0.4 is 10.6 Å². The number of aromatic nitrogens is 1. The first kappa shape index (κ1) is 23.1. The molecule has 1 saturated heterocycles. The molecule has 2 N–H and O–H groups in total. The fraction of sp³-hybridized carbons (Fsp3) is 0.524. The Morgan fingerprint density at radius 1 is 1.11 bits per heavy atom. The molecular weight excluding hydrogens is 481 g/mol. The molecule has 154 valence electrons. The van der Waals surface area contributed by atoms with Gasteiger partial charge in [0.05, 0.1) is 17.2 Å². The van der Waals surface area contributed by atoms with E-state index in [-0.39, 0.29) is 24.0 Å². The lowest BCUT2D eigenvalue weighted by atomic mass is 10.1. The zero-order chi connectivity index (χ0) is 19.1. The summed E-state index contributed by atoms with van der Waals surface area (Å²) in [6.07, 6.45) is 2.68. The Labute approximate surface area is 190 Å². The third-order valence-electron chi connectivity index (χ3n) is 4.81. The smallest absolute Gasteiger partial charge is 0.191 e. The van der Waals surface area contributed by atoms with Gasteiger partial charge in [-0.1, -0.05) is 38.1 Å². The third kappa shape index (κ3) is 7.00. The van der Waals surface area contributed by atoms with Crippen molar-refractivity contribution >= 4 is 41.3 Å². The second-order valence-electron chi connectivity index (χ2n) is 7.41. The van der Waals surface area contributed by atoms with Gasteiger partial charge in [-0.15, -0.1) is 35.3 Å². The van der Waals surface area contributed by atoms with Crippen LogP contribution in [-0.2, 0) is 19.6 Å². The van der Waals surface area contributed by atoms with Crippen LogP contribution in [-0.4, -0.2) is 36.0 Å². The van der Waals surface area contributed by atoms with Gasteiger partial charge in [-0.3, -0.25) is 9.89 Å². The normalized spacial score (nSPS) is 14.9. The molecule has 28 heavy (non-hydrogen) atoms. The highest BCUT2D eigenvalue weighted by Crippen LogP contribution is 2.19. The molecule has 7 heteroatoms. The SMILES string of the molecule is CN=C(NCc1ccc(CN2CCCC2)cc1)NCc1csc(C(C)C)n1.I. The topological polar surface area (TPSA) is 52.6 Å². The lowest BCUT2D eigenvalue weighted by Crippen LogP contribution is -2.36. The van der Waals surface area contributed by atoms with Gasteiger partial charge in [0.1, 0.15) is 0 Å². The van der Waals surface area contributed by atoms with Crippen molar-refractivity contribution in [3.63, 3.8) is 0 Å². The zero-order valence-corrected chi connectivity index (χ0v) is 20.2. The molecule has 3 rings (SSSR count). The van der Waals surface area contributed by atoms with Gasteiger partial charge in [-0.05, 0) is 37.1 Å². The highest BCUT2D eigenvalue weighted by molar-refractivity contribution is 14.0. The maximum absolute atomic E-state index is 4.66. The Balaban J connectivity index is 0.00000280. The monoisotopic (exact) mass is 513 g/mol. The van der Waals surface area contributed by atoms with E-state index in [1.54, 1.807) is 18.4 Å². The van der Waals surface area contributed by atoms with Crippen molar-refractivity contribution in [1.29, 1.82) is 0 Å². The van der Waals surface area contributed by atoms with E-state index in [1.807, 2.05) is 0 Å². The molecule has 2 heterocycles. The number of hydrogen-bond acceptors (Lipinski definition) is 4. The van der Waals surface area contributed by atoms with Crippen molar-refractivity contribution < 1.29 is 0 Å². The van der Waals surface area contributed by atoms with Crippen molar-refractivity contribution in [2.75, 3.05) is 20.1 Å². The highest BCUT2D eigenvalue weighted by Gasteiger charge is 2.11. The number of hydrogen-bond donors (Lipinski definition) is 2. The molecule has 0 aliphatic carbocycles. The van der Waals surface area contributed by atoms with Crippen molar-refractivity contribution in [3.05, 3.63) is 51.5 Å². The molecule has 1 aromatic carbocycles. The Morgan fingerprint density at radius 3 is 2.36 bits per heavy atom. The predicted molar refractivity (Wildman–Crippen MR) is 130 cm³/mol. The first-order valence-corrected chi connectivity index (χ1v) is 10.7. The van der Waals surface area contributed by atoms with Gasteiger partial charge in [0.25, 0.3) is 0 Å². The minimum Gasteiger partial charge on any atom is -0.352 e. The lowest BCUT2D eigenvalue weighted by molar-refractivity contribution is 0.331. The van der Waals surface area contributed by atoms with Crippen molar-refractivity contribution in [3.8, 4) is 0 Å². The average molecular weight is 513 g/mol. The zero-order valence-electron chi connectivity index (χ0n) is 17.1. The molecule has 0 bridgehead atoms. The van der Waals surface area contributed by atoms with Gasteiger partial charge in [0.15, 0.2) is 5.96 Å². The molecule has 0 unspecified atom stereocenters. The van der Waals surface area contributed by atoms with Crippen LogP contribution in [0.5, 0.6) is 0 Å². The fourth-order valence-corrected chi connectivity index (χ4v) is 4.05. The van der Waals surface area contributed by atoms with E-state index in [1.165, 1.54) is 42.1 Å². The summed E-state index contributed by atoms with van der Waals surface area (Å²) in [5.74, 6) is 1.28. The summed E-state index contributed by atoms with van der Waals surface area (Å²) < 4.78 is 0. The summed E-state index contributed by atoms with van der Waals surface area (Å²) in [4.78, 5) is 11.5.